The summed E-state index contributed by atoms with van der Waals surface area (Å²) in [5.74, 6) is -0.394. The quantitative estimate of drug-likeness (QED) is 0.452. The van der Waals surface area contributed by atoms with Gasteiger partial charge in [-0.05, 0) is 28.4 Å². The Bertz CT molecular complexity index is 398. The summed E-state index contributed by atoms with van der Waals surface area (Å²) < 4.78 is 14.5. The number of unbranched alkanes of at least 4 members (excludes halogenated alkanes) is 5. The highest BCUT2D eigenvalue weighted by Crippen LogP contribution is 2.31. The van der Waals surface area contributed by atoms with E-state index in [-0.39, 0.29) is 11.1 Å². The van der Waals surface area contributed by atoms with Gasteiger partial charge < -0.3 is 5.73 Å². The molecule has 19 heavy (non-hydrogen) atoms. The fraction of sp³-hybridized carbons (Fsp3) is 0.600. The van der Waals surface area contributed by atoms with Crippen LogP contribution in [0.2, 0.25) is 5.02 Å². The lowest BCUT2D eigenvalue weighted by molar-refractivity contribution is 0.523. The number of hydrogen-bond acceptors (Lipinski definition) is 1. The summed E-state index contributed by atoms with van der Waals surface area (Å²) in [7, 11) is 0. The zero-order valence-corrected chi connectivity index (χ0v) is 13.7. The maximum atomic E-state index is 13.9. The Kier molecular flexibility index (Phi) is 7.96. The van der Waals surface area contributed by atoms with E-state index in [1.54, 1.807) is 12.1 Å². The minimum Gasteiger partial charge on any atom is -0.324 e. The first-order valence-corrected chi connectivity index (χ1v) is 8.14. The molecule has 0 heterocycles. The molecule has 4 heteroatoms. The Hall–Kier alpha value is -0.120. The van der Waals surface area contributed by atoms with E-state index < -0.39 is 5.82 Å². The van der Waals surface area contributed by atoms with Crippen molar-refractivity contribution in [1.82, 2.24) is 0 Å². The molecule has 0 aliphatic heterocycles. The normalized spacial score (nSPS) is 12.7. The second-order valence-electron chi connectivity index (χ2n) is 4.93. The molecular weight excluding hydrogens is 329 g/mol. The summed E-state index contributed by atoms with van der Waals surface area (Å²) in [6, 6.07) is 3.20. The van der Waals surface area contributed by atoms with Crippen LogP contribution < -0.4 is 5.73 Å². The van der Waals surface area contributed by atoms with Crippen LogP contribution in [0.5, 0.6) is 0 Å². The van der Waals surface area contributed by atoms with Crippen LogP contribution >= 0.6 is 27.5 Å². The number of benzene rings is 1. The molecule has 2 N–H and O–H groups in total. The van der Waals surface area contributed by atoms with Gasteiger partial charge in [0.15, 0.2) is 0 Å². The number of halogens is 3. The lowest BCUT2D eigenvalue weighted by Crippen LogP contribution is -2.12. The molecule has 1 aromatic carbocycles. The molecule has 1 nitrogen and oxygen atoms in total. The topological polar surface area (TPSA) is 26.0 Å². The third-order valence-corrected chi connectivity index (χ3v) is 4.59. The molecule has 1 rings (SSSR count). The van der Waals surface area contributed by atoms with Crippen LogP contribution in [0.1, 0.15) is 63.5 Å². The van der Waals surface area contributed by atoms with Gasteiger partial charge in [0.05, 0.1) is 5.02 Å². The van der Waals surface area contributed by atoms with Gasteiger partial charge in [-0.1, -0.05) is 63.1 Å². The van der Waals surface area contributed by atoms with Crippen molar-refractivity contribution in [1.29, 1.82) is 0 Å². The molecule has 0 fully saturated rings. The van der Waals surface area contributed by atoms with Crippen LogP contribution in [0.25, 0.3) is 0 Å². The van der Waals surface area contributed by atoms with Gasteiger partial charge in [-0.3, -0.25) is 0 Å². The zero-order chi connectivity index (χ0) is 14.3. The van der Waals surface area contributed by atoms with E-state index in [0.717, 1.165) is 12.8 Å². The number of hydrogen-bond donors (Lipinski definition) is 1. The standard InChI is InChI=1S/C15H22BrClFN/c1-2-3-4-5-6-7-8-13(19)11-9-10-12(16)14(17)15(11)18/h9-10,13H,2-8,19H2,1H3. The molecule has 1 unspecified atom stereocenters. The molecular formula is C15H22BrClFN. The van der Waals surface area contributed by atoms with Crippen molar-refractivity contribution in [2.45, 2.75) is 57.9 Å². The fourth-order valence-electron chi connectivity index (χ4n) is 2.13. The van der Waals surface area contributed by atoms with E-state index in [2.05, 4.69) is 22.9 Å². The molecule has 0 aromatic heterocycles. The molecule has 0 aliphatic rings. The van der Waals surface area contributed by atoms with Crippen LogP contribution in [-0.4, -0.2) is 0 Å². The second-order valence-corrected chi connectivity index (χ2v) is 6.16. The molecule has 0 saturated heterocycles. The molecule has 108 valence electrons. The monoisotopic (exact) mass is 349 g/mol. The predicted molar refractivity (Wildman–Crippen MR) is 84.0 cm³/mol. The van der Waals surface area contributed by atoms with E-state index >= 15 is 0 Å². The van der Waals surface area contributed by atoms with Gasteiger partial charge in [-0.15, -0.1) is 0 Å². The zero-order valence-electron chi connectivity index (χ0n) is 11.4. The smallest absolute Gasteiger partial charge is 0.147 e. The summed E-state index contributed by atoms with van der Waals surface area (Å²) in [6.07, 6.45) is 8.08. The van der Waals surface area contributed by atoms with Crippen LogP contribution in [0.15, 0.2) is 16.6 Å². The minimum absolute atomic E-state index is 0.121. The number of nitrogens with two attached hydrogens (primary N) is 1. The Morgan fingerprint density at radius 3 is 2.53 bits per heavy atom. The molecule has 0 saturated carbocycles. The van der Waals surface area contributed by atoms with Gasteiger partial charge >= 0.3 is 0 Å². The van der Waals surface area contributed by atoms with Gasteiger partial charge in [0.2, 0.25) is 0 Å². The summed E-state index contributed by atoms with van der Waals surface area (Å²) in [4.78, 5) is 0. The summed E-state index contributed by atoms with van der Waals surface area (Å²) in [5.41, 5.74) is 6.56. The van der Waals surface area contributed by atoms with Gasteiger partial charge in [0.1, 0.15) is 5.82 Å². The highest BCUT2D eigenvalue weighted by Gasteiger charge is 2.15. The summed E-state index contributed by atoms with van der Waals surface area (Å²) in [6.45, 7) is 2.20. The molecule has 0 aliphatic carbocycles. The molecule has 1 aromatic rings. The van der Waals surface area contributed by atoms with Crippen molar-refractivity contribution in [3.05, 3.63) is 33.0 Å². The largest absolute Gasteiger partial charge is 0.324 e. The molecule has 0 bridgehead atoms. The van der Waals surface area contributed by atoms with Crippen LogP contribution in [0, 0.1) is 5.82 Å². The Morgan fingerprint density at radius 1 is 1.21 bits per heavy atom. The third kappa shape index (κ3) is 5.41. The van der Waals surface area contributed by atoms with Crippen molar-refractivity contribution in [2.24, 2.45) is 5.73 Å². The molecule has 0 radical (unpaired) electrons. The third-order valence-electron chi connectivity index (χ3n) is 3.33. The van der Waals surface area contributed by atoms with E-state index in [0.29, 0.717) is 10.0 Å². The van der Waals surface area contributed by atoms with Gasteiger partial charge in [0.25, 0.3) is 0 Å². The van der Waals surface area contributed by atoms with E-state index in [9.17, 15) is 4.39 Å². The highest BCUT2D eigenvalue weighted by molar-refractivity contribution is 9.10. The SMILES string of the molecule is CCCCCCCCC(N)c1ccc(Br)c(Cl)c1F. The van der Waals surface area contributed by atoms with E-state index in [1.165, 1.54) is 32.1 Å². The Morgan fingerprint density at radius 2 is 1.84 bits per heavy atom. The molecule has 0 spiro atoms. The van der Waals surface area contributed by atoms with Crippen LogP contribution in [-0.2, 0) is 0 Å². The van der Waals surface area contributed by atoms with Gasteiger partial charge in [-0.25, -0.2) is 4.39 Å². The van der Waals surface area contributed by atoms with Crippen LogP contribution in [0.3, 0.4) is 0 Å². The van der Waals surface area contributed by atoms with E-state index in [1.807, 2.05) is 0 Å². The Balaban J connectivity index is 2.41. The Labute approximate surface area is 128 Å². The fourth-order valence-corrected chi connectivity index (χ4v) is 2.61. The summed E-state index contributed by atoms with van der Waals surface area (Å²) in [5, 5.41) is 0.121. The second kappa shape index (κ2) is 8.93. The maximum absolute atomic E-state index is 13.9. The molecule has 0 amide bonds. The van der Waals surface area contributed by atoms with Crippen molar-refractivity contribution in [3.8, 4) is 0 Å². The minimum atomic E-state index is -0.394. The lowest BCUT2D eigenvalue weighted by atomic mass is 10.00. The van der Waals surface area contributed by atoms with Crippen molar-refractivity contribution < 1.29 is 4.39 Å². The highest BCUT2D eigenvalue weighted by atomic mass is 79.9. The van der Waals surface area contributed by atoms with Crippen molar-refractivity contribution in [3.63, 3.8) is 0 Å². The van der Waals surface area contributed by atoms with Crippen molar-refractivity contribution >= 4 is 27.5 Å². The predicted octanol–water partition coefficient (Wildman–Crippen LogP) is 5.99. The van der Waals surface area contributed by atoms with Gasteiger partial charge in [-0.2, -0.15) is 0 Å². The first-order valence-electron chi connectivity index (χ1n) is 6.96. The molecule has 1 atom stereocenters. The number of rotatable bonds is 8. The first kappa shape index (κ1) is 16.9. The lowest BCUT2D eigenvalue weighted by Gasteiger charge is -2.14. The summed E-state index contributed by atoms with van der Waals surface area (Å²) >= 11 is 9.07. The van der Waals surface area contributed by atoms with Crippen LogP contribution in [0.4, 0.5) is 4.39 Å². The average Bonchev–Trinajstić information content (AvgIpc) is 2.40. The average molecular weight is 351 g/mol. The van der Waals surface area contributed by atoms with Gasteiger partial charge in [0, 0.05) is 16.1 Å². The van der Waals surface area contributed by atoms with E-state index in [4.69, 9.17) is 17.3 Å². The van der Waals surface area contributed by atoms with Crippen molar-refractivity contribution in [2.75, 3.05) is 0 Å². The maximum Gasteiger partial charge on any atom is 0.147 e. The first-order chi connectivity index (χ1) is 9.07.